The Morgan fingerprint density at radius 1 is 0.972 bits per heavy atom. The molecule has 0 radical (unpaired) electrons. The van der Waals surface area contributed by atoms with Gasteiger partial charge in [-0.05, 0) is 46.4 Å². The van der Waals surface area contributed by atoms with Crippen LogP contribution in [0.1, 0.15) is 37.5 Å². The van der Waals surface area contributed by atoms with Crippen LogP contribution >= 0.6 is 23.2 Å². The minimum atomic E-state index is -0.761. The smallest absolute Gasteiger partial charge is 0.261 e. The van der Waals surface area contributed by atoms with Crippen LogP contribution in [0.15, 0.2) is 72.8 Å². The van der Waals surface area contributed by atoms with Crippen LogP contribution in [0.25, 0.3) is 0 Å². The molecular weight excluding hydrogens is 495 g/mol. The van der Waals surface area contributed by atoms with Crippen LogP contribution in [0.3, 0.4) is 0 Å². The second-order valence-electron chi connectivity index (χ2n) is 9.64. The lowest BCUT2D eigenvalue weighted by Crippen LogP contribution is -2.51. The maximum atomic E-state index is 13.5. The molecular formula is C29H32Cl2N2O3. The third-order valence-electron chi connectivity index (χ3n) is 5.96. The molecule has 0 aliphatic rings. The molecule has 0 heterocycles. The summed E-state index contributed by atoms with van der Waals surface area (Å²) in [6.07, 6.45) is 0.345. The molecule has 0 fully saturated rings. The number of likely N-dealkylation sites (N-methyl/N-ethyl adjacent to an activating group) is 1. The second kappa shape index (κ2) is 12.3. The molecule has 190 valence electrons. The van der Waals surface area contributed by atoms with Crippen molar-refractivity contribution < 1.29 is 14.3 Å². The summed E-state index contributed by atoms with van der Waals surface area (Å²) in [6, 6.07) is 21.6. The maximum absolute atomic E-state index is 13.5. The average Bonchev–Trinajstić information content (AvgIpc) is 2.85. The highest BCUT2D eigenvalue weighted by Crippen LogP contribution is 2.26. The van der Waals surface area contributed by atoms with Gasteiger partial charge in [0.2, 0.25) is 5.91 Å². The molecule has 3 rings (SSSR count). The lowest BCUT2D eigenvalue weighted by atomic mass is 9.87. The van der Waals surface area contributed by atoms with E-state index in [1.165, 1.54) is 10.5 Å². The number of hydrogen-bond donors (Lipinski definition) is 1. The van der Waals surface area contributed by atoms with Gasteiger partial charge < -0.3 is 15.0 Å². The molecule has 0 spiro atoms. The number of hydrogen-bond acceptors (Lipinski definition) is 3. The molecule has 0 saturated heterocycles. The molecule has 7 heteroatoms. The van der Waals surface area contributed by atoms with Crippen molar-refractivity contribution in [1.29, 1.82) is 0 Å². The van der Waals surface area contributed by atoms with Gasteiger partial charge in [0, 0.05) is 30.1 Å². The standard InChI is InChI=1S/C29H32Cl2N2O3/c1-29(2,3)22-11-14-24(15-12-22)36-19-27(34)33(18-21-10-13-23(30)17-25(21)31)26(28(35)32-4)16-20-8-6-5-7-9-20/h5-15,17,26H,16,18-19H2,1-4H3,(H,32,35)/t26-/m0/s1. The van der Waals surface area contributed by atoms with Crippen LogP contribution in [0.4, 0.5) is 0 Å². The SMILES string of the molecule is CNC(=O)[C@H](Cc1ccccc1)N(Cc1ccc(Cl)cc1Cl)C(=O)COc1ccc(C(C)(C)C)cc1. The fourth-order valence-electron chi connectivity index (χ4n) is 3.83. The van der Waals surface area contributed by atoms with Crippen molar-refractivity contribution in [2.24, 2.45) is 0 Å². The lowest BCUT2D eigenvalue weighted by molar-refractivity contribution is -0.142. The minimum Gasteiger partial charge on any atom is -0.484 e. The van der Waals surface area contributed by atoms with Gasteiger partial charge in [0.05, 0.1) is 0 Å². The van der Waals surface area contributed by atoms with Gasteiger partial charge >= 0.3 is 0 Å². The van der Waals surface area contributed by atoms with E-state index >= 15 is 0 Å². The van der Waals surface area contributed by atoms with Crippen LogP contribution in [-0.2, 0) is 28.0 Å². The molecule has 1 N–H and O–H groups in total. The molecule has 3 aromatic carbocycles. The van der Waals surface area contributed by atoms with E-state index in [1.54, 1.807) is 25.2 Å². The summed E-state index contributed by atoms with van der Waals surface area (Å²) < 4.78 is 5.84. The van der Waals surface area contributed by atoms with Crippen LogP contribution in [-0.4, -0.2) is 36.4 Å². The third-order valence-corrected chi connectivity index (χ3v) is 6.54. The number of amides is 2. The minimum absolute atomic E-state index is 0.0151. The van der Waals surface area contributed by atoms with Gasteiger partial charge in [-0.3, -0.25) is 9.59 Å². The summed E-state index contributed by atoms with van der Waals surface area (Å²) in [6.45, 7) is 6.32. The first-order valence-electron chi connectivity index (χ1n) is 11.8. The molecule has 0 aromatic heterocycles. The number of halogens is 2. The van der Waals surface area contributed by atoms with E-state index in [0.29, 0.717) is 27.8 Å². The Balaban J connectivity index is 1.87. The fraction of sp³-hybridized carbons (Fsp3) is 0.310. The highest BCUT2D eigenvalue weighted by molar-refractivity contribution is 6.35. The number of benzene rings is 3. The van der Waals surface area contributed by atoms with Gasteiger partial charge in [0.25, 0.3) is 5.91 Å². The number of carbonyl (C=O) groups is 2. The molecule has 1 atom stereocenters. The fourth-order valence-corrected chi connectivity index (χ4v) is 4.30. The van der Waals surface area contributed by atoms with Crippen LogP contribution in [0, 0.1) is 0 Å². The molecule has 0 saturated carbocycles. The Hall–Kier alpha value is -3.02. The number of nitrogens with one attached hydrogen (secondary N) is 1. The molecule has 3 aromatic rings. The molecule has 0 aliphatic carbocycles. The van der Waals surface area contributed by atoms with Crippen LogP contribution in [0.5, 0.6) is 5.75 Å². The Kier molecular flexibility index (Phi) is 9.41. The van der Waals surface area contributed by atoms with E-state index in [4.69, 9.17) is 27.9 Å². The Morgan fingerprint density at radius 3 is 2.22 bits per heavy atom. The summed E-state index contributed by atoms with van der Waals surface area (Å²) in [4.78, 5) is 28.0. The monoisotopic (exact) mass is 526 g/mol. The average molecular weight is 527 g/mol. The van der Waals surface area contributed by atoms with Crippen molar-refractivity contribution in [2.75, 3.05) is 13.7 Å². The number of nitrogens with zero attached hydrogens (tertiary/aromatic N) is 1. The summed E-state index contributed by atoms with van der Waals surface area (Å²) in [5, 5.41) is 3.62. The largest absolute Gasteiger partial charge is 0.484 e. The van der Waals surface area contributed by atoms with Gasteiger partial charge in [-0.1, -0.05) is 92.5 Å². The predicted octanol–water partition coefficient (Wildman–Crippen LogP) is 6.06. The zero-order valence-corrected chi connectivity index (χ0v) is 22.6. The molecule has 0 unspecified atom stereocenters. The zero-order valence-electron chi connectivity index (χ0n) is 21.1. The van der Waals surface area contributed by atoms with Crippen molar-refractivity contribution >= 4 is 35.0 Å². The molecule has 2 amide bonds. The van der Waals surface area contributed by atoms with Crippen molar-refractivity contribution in [3.63, 3.8) is 0 Å². The van der Waals surface area contributed by atoms with Gasteiger partial charge in [0.1, 0.15) is 11.8 Å². The first-order valence-corrected chi connectivity index (χ1v) is 12.6. The third kappa shape index (κ3) is 7.49. The molecule has 0 bridgehead atoms. The van der Waals surface area contributed by atoms with E-state index in [2.05, 4.69) is 26.1 Å². The number of ether oxygens (including phenoxy) is 1. The van der Waals surface area contributed by atoms with Crippen molar-refractivity contribution in [3.05, 3.63) is 99.5 Å². The summed E-state index contributed by atoms with van der Waals surface area (Å²) in [7, 11) is 1.56. The van der Waals surface area contributed by atoms with Crippen LogP contribution < -0.4 is 10.1 Å². The second-order valence-corrected chi connectivity index (χ2v) is 10.5. The van der Waals surface area contributed by atoms with E-state index in [1.807, 2.05) is 54.6 Å². The van der Waals surface area contributed by atoms with Crippen LogP contribution in [0.2, 0.25) is 10.0 Å². The Labute approximate surface area is 223 Å². The van der Waals surface area contributed by atoms with E-state index in [9.17, 15) is 9.59 Å². The van der Waals surface area contributed by atoms with Crippen molar-refractivity contribution in [3.8, 4) is 5.75 Å². The molecule has 0 aliphatic heterocycles. The molecule has 5 nitrogen and oxygen atoms in total. The summed E-state index contributed by atoms with van der Waals surface area (Å²) >= 11 is 12.5. The molecule has 36 heavy (non-hydrogen) atoms. The quantitative estimate of drug-likeness (QED) is 0.368. The number of carbonyl (C=O) groups excluding carboxylic acids is 2. The highest BCUT2D eigenvalue weighted by Gasteiger charge is 2.30. The highest BCUT2D eigenvalue weighted by atomic mass is 35.5. The van der Waals surface area contributed by atoms with E-state index < -0.39 is 6.04 Å². The topological polar surface area (TPSA) is 58.6 Å². The maximum Gasteiger partial charge on any atom is 0.261 e. The predicted molar refractivity (Wildman–Crippen MR) is 146 cm³/mol. The van der Waals surface area contributed by atoms with Gasteiger partial charge in [-0.2, -0.15) is 0 Å². The van der Waals surface area contributed by atoms with Crippen molar-refractivity contribution in [2.45, 2.75) is 45.2 Å². The van der Waals surface area contributed by atoms with Gasteiger partial charge in [-0.15, -0.1) is 0 Å². The van der Waals surface area contributed by atoms with Gasteiger partial charge in [-0.25, -0.2) is 0 Å². The summed E-state index contributed by atoms with van der Waals surface area (Å²) in [5.41, 5.74) is 2.81. The first-order chi connectivity index (χ1) is 17.1. The van der Waals surface area contributed by atoms with Gasteiger partial charge in [0.15, 0.2) is 6.61 Å². The Bertz CT molecular complexity index is 1180. The zero-order chi connectivity index (χ0) is 26.3. The van der Waals surface area contributed by atoms with E-state index in [0.717, 1.165) is 5.56 Å². The normalized spacial score (nSPS) is 12.1. The Morgan fingerprint density at radius 2 is 1.64 bits per heavy atom. The first kappa shape index (κ1) is 27.6. The summed E-state index contributed by atoms with van der Waals surface area (Å²) in [5.74, 6) is -0.0161. The van der Waals surface area contributed by atoms with Crippen molar-refractivity contribution in [1.82, 2.24) is 10.2 Å². The number of rotatable bonds is 9. The van der Waals surface area contributed by atoms with E-state index in [-0.39, 0.29) is 30.4 Å². The lowest BCUT2D eigenvalue weighted by Gasteiger charge is -2.31.